The highest BCUT2D eigenvalue weighted by Crippen LogP contribution is 2.28. The van der Waals surface area contributed by atoms with Gasteiger partial charge >= 0.3 is 0 Å². The lowest BCUT2D eigenvalue weighted by Gasteiger charge is -2.04. The fourth-order valence-corrected chi connectivity index (χ4v) is 1.95. The smallest absolute Gasteiger partial charge is 0.162 e. The van der Waals surface area contributed by atoms with Crippen LogP contribution in [0, 0.1) is 0 Å². The average Bonchev–Trinajstić information content (AvgIpc) is 2.46. The van der Waals surface area contributed by atoms with Gasteiger partial charge in [-0.3, -0.25) is 9.59 Å². The van der Waals surface area contributed by atoms with Gasteiger partial charge in [0.05, 0.1) is 11.4 Å². The summed E-state index contributed by atoms with van der Waals surface area (Å²) in [6.45, 7) is 2.86. The van der Waals surface area contributed by atoms with Crippen molar-refractivity contribution < 1.29 is 9.59 Å². The maximum absolute atomic E-state index is 11.6. The second-order valence-corrected chi connectivity index (χ2v) is 4.87. The molecule has 2 rings (SSSR count). The number of hydrogen-bond donors (Lipinski definition) is 2. The van der Waals surface area contributed by atoms with Crippen LogP contribution in [-0.2, 0) is 0 Å². The molecule has 0 saturated carbocycles. The van der Waals surface area contributed by atoms with Crippen LogP contribution in [0.15, 0.2) is 46.6 Å². The summed E-state index contributed by atoms with van der Waals surface area (Å²) in [6.07, 6.45) is 0. The van der Waals surface area contributed by atoms with Crippen molar-refractivity contribution in [1.82, 2.24) is 0 Å². The molecule has 6 nitrogen and oxygen atoms in total. The Bertz CT molecular complexity index is 716. The summed E-state index contributed by atoms with van der Waals surface area (Å²) in [4.78, 5) is 23.2. The molecule has 4 N–H and O–H groups in total. The van der Waals surface area contributed by atoms with Gasteiger partial charge in [0, 0.05) is 22.5 Å². The summed E-state index contributed by atoms with van der Waals surface area (Å²) in [5.41, 5.74) is 13.8. The van der Waals surface area contributed by atoms with E-state index in [0.717, 1.165) is 0 Å². The third-order valence-electron chi connectivity index (χ3n) is 3.07. The lowest BCUT2D eigenvalue weighted by molar-refractivity contribution is 0.100. The molecule has 0 unspecified atom stereocenters. The van der Waals surface area contributed by atoms with Crippen LogP contribution < -0.4 is 11.5 Å². The molecule has 0 fully saturated rings. The molecule has 0 amide bonds. The topological polar surface area (TPSA) is 111 Å². The number of benzene rings is 2. The Morgan fingerprint density at radius 2 is 1.14 bits per heavy atom. The van der Waals surface area contributed by atoms with Crippen LogP contribution in [-0.4, -0.2) is 11.6 Å². The molecule has 0 radical (unpaired) electrons. The number of Topliss-reactive ketones (excluding diaryl/α,β-unsaturated/α-hetero) is 2. The van der Waals surface area contributed by atoms with Gasteiger partial charge in [-0.2, -0.15) is 0 Å². The van der Waals surface area contributed by atoms with Crippen LogP contribution in [0.5, 0.6) is 0 Å². The first-order valence-electron chi connectivity index (χ1n) is 6.61. The largest absolute Gasteiger partial charge is 0.399 e. The van der Waals surface area contributed by atoms with Crippen molar-refractivity contribution in [2.24, 2.45) is 10.2 Å². The minimum Gasteiger partial charge on any atom is -0.399 e. The first kappa shape index (κ1) is 15.4. The molecular weight excluding hydrogens is 280 g/mol. The number of ketones is 2. The number of nitrogens with zero attached hydrogens (tertiary/aromatic N) is 2. The predicted octanol–water partition coefficient (Wildman–Crippen LogP) is 3.67. The van der Waals surface area contributed by atoms with E-state index < -0.39 is 0 Å². The predicted molar refractivity (Wildman–Crippen MR) is 85.9 cm³/mol. The molecule has 0 aliphatic rings. The third-order valence-corrected chi connectivity index (χ3v) is 3.07. The second kappa shape index (κ2) is 6.17. The number of rotatable bonds is 4. The number of nitrogens with two attached hydrogens (primary N) is 2. The lowest BCUT2D eigenvalue weighted by atomic mass is 10.1. The molecular formula is C16H16N4O2. The minimum absolute atomic E-state index is 0.162. The number of carbonyl (C=O) groups is 2. The van der Waals surface area contributed by atoms with E-state index in [4.69, 9.17) is 11.5 Å². The van der Waals surface area contributed by atoms with Crippen LogP contribution in [0.25, 0.3) is 0 Å². The van der Waals surface area contributed by atoms with E-state index >= 15 is 0 Å². The fraction of sp³-hybridized carbons (Fsp3) is 0.125. The SMILES string of the molecule is CC(=O)c1cc(N)ccc1N=Nc1ccc(N)cc1C(C)=O. The molecule has 0 aliphatic carbocycles. The molecule has 0 saturated heterocycles. The third kappa shape index (κ3) is 3.35. The van der Waals surface area contributed by atoms with Crippen LogP contribution in [0.1, 0.15) is 34.6 Å². The summed E-state index contributed by atoms with van der Waals surface area (Å²) in [5.74, 6) is -0.323. The highest BCUT2D eigenvalue weighted by molar-refractivity contribution is 6.00. The Hall–Kier alpha value is -3.02. The zero-order valence-electron chi connectivity index (χ0n) is 12.3. The van der Waals surface area contributed by atoms with E-state index in [1.807, 2.05) is 0 Å². The van der Waals surface area contributed by atoms with E-state index in [-0.39, 0.29) is 11.6 Å². The summed E-state index contributed by atoms with van der Waals surface area (Å²) in [5, 5.41) is 8.13. The van der Waals surface area contributed by atoms with Gasteiger partial charge in [-0.25, -0.2) is 0 Å². The second-order valence-electron chi connectivity index (χ2n) is 4.87. The van der Waals surface area contributed by atoms with Crippen molar-refractivity contribution in [2.75, 3.05) is 11.5 Å². The highest BCUT2D eigenvalue weighted by atomic mass is 16.1. The Balaban J connectivity index is 2.46. The van der Waals surface area contributed by atoms with Crippen LogP contribution in [0.2, 0.25) is 0 Å². The number of nitrogen functional groups attached to an aromatic ring is 2. The van der Waals surface area contributed by atoms with Crippen LogP contribution in [0.4, 0.5) is 22.7 Å². The Morgan fingerprint density at radius 1 is 0.773 bits per heavy atom. The normalized spacial score (nSPS) is 10.8. The molecule has 2 aromatic rings. The lowest BCUT2D eigenvalue weighted by Crippen LogP contribution is -1.96. The monoisotopic (exact) mass is 296 g/mol. The van der Waals surface area contributed by atoms with Crippen molar-refractivity contribution in [2.45, 2.75) is 13.8 Å². The van der Waals surface area contributed by atoms with Crippen molar-refractivity contribution in [3.8, 4) is 0 Å². The van der Waals surface area contributed by atoms with Gasteiger partial charge in [0.15, 0.2) is 11.6 Å². The van der Waals surface area contributed by atoms with Crippen LogP contribution in [0.3, 0.4) is 0 Å². The summed E-state index contributed by atoms with van der Waals surface area (Å²) in [6, 6.07) is 9.59. The maximum atomic E-state index is 11.6. The van der Waals surface area contributed by atoms with Crippen LogP contribution >= 0.6 is 0 Å². The molecule has 22 heavy (non-hydrogen) atoms. The van der Waals surface area contributed by atoms with Gasteiger partial charge in [-0.1, -0.05) is 0 Å². The molecule has 0 aliphatic heterocycles. The first-order chi connectivity index (χ1) is 10.4. The van der Waals surface area contributed by atoms with E-state index in [0.29, 0.717) is 33.9 Å². The minimum atomic E-state index is -0.162. The Morgan fingerprint density at radius 3 is 1.45 bits per heavy atom. The standard InChI is InChI=1S/C16H16N4O2/c1-9(21)13-7-11(17)3-5-15(13)19-20-16-6-4-12(18)8-14(16)10(2)22/h3-8H,17-18H2,1-2H3. The van der Waals surface area contributed by atoms with Crippen molar-refractivity contribution in [3.63, 3.8) is 0 Å². The zero-order chi connectivity index (χ0) is 16.3. The molecule has 0 aromatic heterocycles. The number of hydrogen-bond acceptors (Lipinski definition) is 6. The molecule has 112 valence electrons. The zero-order valence-corrected chi connectivity index (χ0v) is 12.3. The Kier molecular flexibility index (Phi) is 4.31. The number of azo groups is 1. The van der Waals surface area contributed by atoms with Crippen molar-refractivity contribution in [3.05, 3.63) is 47.5 Å². The summed E-state index contributed by atoms with van der Waals surface area (Å²) >= 11 is 0. The van der Waals surface area contributed by atoms with Gasteiger partial charge in [-0.05, 0) is 50.2 Å². The molecule has 0 spiro atoms. The van der Waals surface area contributed by atoms with Gasteiger partial charge in [0.25, 0.3) is 0 Å². The van der Waals surface area contributed by atoms with E-state index in [1.54, 1.807) is 36.4 Å². The highest BCUT2D eigenvalue weighted by Gasteiger charge is 2.10. The van der Waals surface area contributed by atoms with E-state index in [1.165, 1.54) is 13.8 Å². The van der Waals surface area contributed by atoms with Crippen molar-refractivity contribution >= 4 is 34.3 Å². The molecule has 0 atom stereocenters. The van der Waals surface area contributed by atoms with E-state index in [2.05, 4.69) is 10.2 Å². The molecule has 0 heterocycles. The summed E-state index contributed by atoms with van der Waals surface area (Å²) < 4.78 is 0. The molecule has 2 aromatic carbocycles. The molecule has 0 bridgehead atoms. The number of anilines is 2. The maximum Gasteiger partial charge on any atom is 0.162 e. The first-order valence-corrected chi connectivity index (χ1v) is 6.61. The quantitative estimate of drug-likeness (QED) is 0.509. The summed E-state index contributed by atoms with van der Waals surface area (Å²) in [7, 11) is 0. The average molecular weight is 296 g/mol. The van der Waals surface area contributed by atoms with Gasteiger partial charge in [0.2, 0.25) is 0 Å². The van der Waals surface area contributed by atoms with Gasteiger partial charge in [-0.15, -0.1) is 10.2 Å². The van der Waals surface area contributed by atoms with Gasteiger partial charge < -0.3 is 11.5 Å². The Labute approximate surface area is 127 Å². The fourth-order valence-electron chi connectivity index (χ4n) is 1.95. The van der Waals surface area contributed by atoms with E-state index in [9.17, 15) is 9.59 Å². The van der Waals surface area contributed by atoms with Crippen molar-refractivity contribution in [1.29, 1.82) is 0 Å². The number of carbonyl (C=O) groups excluding carboxylic acids is 2. The van der Waals surface area contributed by atoms with Gasteiger partial charge in [0.1, 0.15) is 0 Å². The molecule has 6 heteroatoms.